The topological polar surface area (TPSA) is 76.1 Å². The van der Waals surface area contributed by atoms with E-state index >= 15 is 0 Å². The summed E-state index contributed by atoms with van der Waals surface area (Å²) in [4.78, 5) is 26.6. The van der Waals surface area contributed by atoms with Crippen LogP contribution in [0.5, 0.6) is 11.5 Å². The highest BCUT2D eigenvalue weighted by Crippen LogP contribution is 2.38. The number of benzene rings is 1. The summed E-state index contributed by atoms with van der Waals surface area (Å²) >= 11 is 0. The van der Waals surface area contributed by atoms with Crippen molar-refractivity contribution in [1.29, 1.82) is 0 Å². The van der Waals surface area contributed by atoms with Gasteiger partial charge in [0, 0.05) is 24.1 Å². The van der Waals surface area contributed by atoms with Gasteiger partial charge in [-0.3, -0.25) is 9.59 Å². The van der Waals surface area contributed by atoms with E-state index in [9.17, 15) is 14.7 Å². The number of carbonyl (C=O) groups excluding carboxylic acids is 2. The Kier molecular flexibility index (Phi) is 5.66. The molecule has 2 rings (SSSR count). The molecule has 0 radical (unpaired) electrons. The molecule has 0 spiro atoms. The van der Waals surface area contributed by atoms with E-state index in [4.69, 9.17) is 9.47 Å². The van der Waals surface area contributed by atoms with Crippen LogP contribution in [0.1, 0.15) is 50.0 Å². The van der Waals surface area contributed by atoms with Crippen LogP contribution in [0.4, 0.5) is 0 Å². The van der Waals surface area contributed by atoms with Crippen LogP contribution in [-0.2, 0) is 11.2 Å². The van der Waals surface area contributed by atoms with Crippen molar-refractivity contribution in [3.8, 4) is 11.5 Å². The average Bonchev–Trinajstić information content (AvgIpc) is 2.56. The van der Waals surface area contributed by atoms with E-state index in [2.05, 4.69) is 0 Å². The molecule has 1 atom stereocenters. The van der Waals surface area contributed by atoms with E-state index in [-0.39, 0.29) is 18.1 Å². The van der Waals surface area contributed by atoms with Crippen LogP contribution in [0.25, 0.3) is 0 Å². The minimum atomic E-state index is -0.808. The summed E-state index contributed by atoms with van der Waals surface area (Å²) in [5.74, 6) is 0.755. The van der Waals surface area contributed by atoms with Gasteiger partial charge in [-0.25, -0.2) is 0 Å². The number of Topliss-reactive ketones (excluding diaryl/α,β-unsaturated/α-hetero) is 1. The summed E-state index contributed by atoms with van der Waals surface area (Å²) in [6.07, 6.45) is 0.630. The van der Waals surface area contributed by atoms with Crippen molar-refractivity contribution in [3.05, 3.63) is 23.3 Å². The number of ether oxygens (including phenoxy) is 2. The predicted molar refractivity (Wildman–Crippen MR) is 98.9 cm³/mol. The first-order chi connectivity index (χ1) is 12.0. The molecule has 0 unspecified atom stereocenters. The normalized spacial score (nSPS) is 22.0. The molecule has 1 aromatic carbocycles. The molecular weight excluding hydrogens is 334 g/mol. The maximum Gasteiger partial charge on any atom is 0.227 e. The van der Waals surface area contributed by atoms with Crippen LogP contribution in [0, 0.1) is 5.41 Å². The Hall–Kier alpha value is -2.08. The lowest BCUT2D eigenvalue weighted by Crippen LogP contribution is -2.57. The number of carbonyl (C=O) groups is 2. The average molecular weight is 363 g/mol. The van der Waals surface area contributed by atoms with Gasteiger partial charge in [0.05, 0.1) is 26.2 Å². The zero-order valence-electron chi connectivity index (χ0n) is 16.5. The third-order valence-electron chi connectivity index (χ3n) is 5.60. The van der Waals surface area contributed by atoms with Gasteiger partial charge in [0.2, 0.25) is 5.91 Å². The van der Waals surface area contributed by atoms with Crippen molar-refractivity contribution in [2.24, 2.45) is 5.41 Å². The van der Waals surface area contributed by atoms with Crippen molar-refractivity contribution in [2.45, 2.75) is 46.1 Å². The van der Waals surface area contributed by atoms with E-state index in [0.717, 1.165) is 0 Å². The van der Waals surface area contributed by atoms with E-state index in [1.165, 1.54) is 21.1 Å². The summed E-state index contributed by atoms with van der Waals surface area (Å²) < 4.78 is 10.6. The monoisotopic (exact) mass is 363 g/mol. The second kappa shape index (κ2) is 7.27. The van der Waals surface area contributed by atoms with E-state index in [1.807, 2.05) is 20.8 Å². The number of amides is 1. The number of hydrogen-bond donors (Lipinski definition) is 1. The Morgan fingerprint density at radius 2 is 1.73 bits per heavy atom. The smallest absolute Gasteiger partial charge is 0.227 e. The number of methoxy groups -OCH3 is 2. The molecule has 144 valence electrons. The minimum Gasteiger partial charge on any atom is -0.493 e. The molecule has 0 aromatic heterocycles. The summed E-state index contributed by atoms with van der Waals surface area (Å²) in [7, 11) is 3.03. The van der Waals surface area contributed by atoms with E-state index < -0.39 is 11.0 Å². The number of ketones is 1. The third kappa shape index (κ3) is 3.85. The van der Waals surface area contributed by atoms with Crippen molar-refractivity contribution < 1.29 is 24.2 Å². The maximum atomic E-state index is 12.9. The maximum absolute atomic E-state index is 12.9. The Morgan fingerprint density at radius 1 is 1.15 bits per heavy atom. The molecule has 0 aliphatic carbocycles. The highest BCUT2D eigenvalue weighted by atomic mass is 16.5. The van der Waals surface area contributed by atoms with Crippen LogP contribution < -0.4 is 9.47 Å². The van der Waals surface area contributed by atoms with Gasteiger partial charge >= 0.3 is 0 Å². The molecule has 1 N–H and O–H groups in total. The molecule has 0 bridgehead atoms. The van der Waals surface area contributed by atoms with Crippen LogP contribution in [0.15, 0.2) is 12.1 Å². The molecule has 1 aliphatic rings. The lowest BCUT2D eigenvalue weighted by atomic mass is 9.71. The predicted octanol–water partition coefficient (Wildman–Crippen LogP) is 2.46. The summed E-state index contributed by atoms with van der Waals surface area (Å²) in [5.41, 5.74) is -0.130. The molecule has 1 aromatic rings. The Bertz CT molecular complexity index is 708. The van der Waals surface area contributed by atoms with Gasteiger partial charge in [0.1, 0.15) is 0 Å². The van der Waals surface area contributed by atoms with Crippen LogP contribution in [0.2, 0.25) is 0 Å². The van der Waals surface area contributed by atoms with Gasteiger partial charge < -0.3 is 19.5 Å². The minimum absolute atomic E-state index is 0.0664. The molecule has 26 heavy (non-hydrogen) atoms. The van der Waals surface area contributed by atoms with Crippen molar-refractivity contribution >= 4 is 11.7 Å². The summed E-state index contributed by atoms with van der Waals surface area (Å²) in [6, 6.07) is 3.31. The number of rotatable bonds is 5. The van der Waals surface area contributed by atoms with Crippen LogP contribution in [0.3, 0.4) is 0 Å². The third-order valence-corrected chi connectivity index (χ3v) is 5.60. The zero-order chi connectivity index (χ0) is 19.7. The molecule has 1 aliphatic heterocycles. The Balaban J connectivity index is 2.27. The zero-order valence-corrected chi connectivity index (χ0v) is 16.5. The molecule has 1 amide bonds. The van der Waals surface area contributed by atoms with Crippen molar-refractivity contribution in [3.63, 3.8) is 0 Å². The summed E-state index contributed by atoms with van der Waals surface area (Å²) in [5, 5.41) is 10.5. The molecular formula is C20H29NO5. The fourth-order valence-electron chi connectivity index (χ4n) is 3.30. The quantitative estimate of drug-likeness (QED) is 0.813. The van der Waals surface area contributed by atoms with Crippen molar-refractivity contribution in [2.75, 3.05) is 27.3 Å². The number of piperidine rings is 1. The van der Waals surface area contributed by atoms with E-state index in [1.54, 1.807) is 17.0 Å². The highest BCUT2D eigenvalue weighted by molar-refractivity contribution is 5.97. The van der Waals surface area contributed by atoms with Gasteiger partial charge in [0.15, 0.2) is 17.3 Å². The lowest BCUT2D eigenvalue weighted by molar-refractivity contribution is -0.146. The van der Waals surface area contributed by atoms with Crippen LogP contribution >= 0.6 is 0 Å². The standard InChI is InChI=1S/C20H29NO5/c1-13(22)15-11-17(26-6)16(25-5)9-14(15)10-18(23)21-8-7-20(4,24)19(2,3)12-21/h9,11,24H,7-8,10,12H2,1-6H3/t20-/m0/s1. The Morgan fingerprint density at radius 3 is 2.23 bits per heavy atom. The first-order valence-corrected chi connectivity index (χ1v) is 8.78. The van der Waals surface area contributed by atoms with Gasteiger partial charge in [-0.15, -0.1) is 0 Å². The molecule has 1 fully saturated rings. The van der Waals surface area contributed by atoms with Gasteiger partial charge in [0.25, 0.3) is 0 Å². The second-order valence-corrected chi connectivity index (χ2v) is 7.82. The lowest BCUT2D eigenvalue weighted by Gasteiger charge is -2.48. The molecule has 1 saturated heterocycles. The molecule has 6 nitrogen and oxygen atoms in total. The Labute approximate surface area is 155 Å². The van der Waals surface area contributed by atoms with Crippen LogP contribution in [-0.4, -0.2) is 54.6 Å². The first kappa shape index (κ1) is 20.2. The number of likely N-dealkylation sites (tertiary alicyclic amines) is 1. The van der Waals surface area contributed by atoms with E-state index in [0.29, 0.717) is 42.1 Å². The van der Waals surface area contributed by atoms with Gasteiger partial charge in [-0.05, 0) is 38.0 Å². The largest absolute Gasteiger partial charge is 0.493 e. The molecule has 6 heteroatoms. The molecule has 0 saturated carbocycles. The SMILES string of the molecule is COc1cc(CC(=O)N2CC[C@](C)(O)C(C)(C)C2)c(C(C)=O)cc1OC. The fraction of sp³-hybridized carbons (Fsp3) is 0.600. The van der Waals surface area contributed by atoms with Crippen molar-refractivity contribution in [1.82, 2.24) is 4.90 Å². The van der Waals surface area contributed by atoms with Gasteiger partial charge in [-0.2, -0.15) is 0 Å². The highest BCUT2D eigenvalue weighted by Gasteiger charge is 2.45. The number of aliphatic hydroxyl groups is 1. The number of hydrogen-bond acceptors (Lipinski definition) is 5. The molecule has 1 heterocycles. The fourth-order valence-corrected chi connectivity index (χ4v) is 3.30. The second-order valence-electron chi connectivity index (χ2n) is 7.82. The number of nitrogens with zero attached hydrogens (tertiary/aromatic N) is 1. The first-order valence-electron chi connectivity index (χ1n) is 8.78. The summed E-state index contributed by atoms with van der Waals surface area (Å²) in [6.45, 7) is 8.18. The van der Waals surface area contributed by atoms with Gasteiger partial charge in [-0.1, -0.05) is 13.8 Å².